The van der Waals surface area contributed by atoms with E-state index in [1.165, 1.54) is 14.2 Å². The number of carboxylic acids is 1. The third-order valence-electron chi connectivity index (χ3n) is 7.97. The molecular formula is C23H22N2O8S2. The summed E-state index contributed by atoms with van der Waals surface area (Å²) in [6.45, 7) is -0.622. The normalized spacial score (nSPS) is 32.4. The molecule has 3 fully saturated rings. The Balaban J connectivity index is 1.48. The highest BCUT2D eigenvalue weighted by molar-refractivity contribution is 8.00. The second kappa shape index (κ2) is 7.76. The average Bonchev–Trinajstić information content (AvgIpc) is 3.55. The highest BCUT2D eigenvalue weighted by Gasteiger charge is 2.69. The van der Waals surface area contributed by atoms with Gasteiger partial charge in [-0.1, -0.05) is 11.3 Å². The minimum absolute atomic E-state index is 0.0312. The van der Waals surface area contributed by atoms with Crippen molar-refractivity contribution in [3.8, 4) is 17.2 Å². The van der Waals surface area contributed by atoms with E-state index in [-0.39, 0.29) is 51.0 Å². The van der Waals surface area contributed by atoms with Crippen molar-refractivity contribution in [2.24, 2.45) is 29.6 Å². The number of methoxy groups -OCH3 is 2. The largest absolute Gasteiger partial charge is 0.502 e. The molecule has 10 nitrogen and oxygen atoms in total. The van der Waals surface area contributed by atoms with E-state index in [2.05, 4.69) is 4.98 Å². The summed E-state index contributed by atoms with van der Waals surface area (Å²) >= 11 is 2.66. The molecule has 4 aliphatic rings. The van der Waals surface area contributed by atoms with Gasteiger partial charge in [0.2, 0.25) is 17.6 Å². The number of thioether (sulfide) groups is 1. The predicted octanol–water partition coefficient (Wildman–Crippen LogP) is 1.72. The van der Waals surface area contributed by atoms with Crippen LogP contribution in [0.25, 0.3) is 0 Å². The first-order valence-electron chi connectivity index (χ1n) is 11.2. The van der Waals surface area contributed by atoms with Crippen molar-refractivity contribution >= 4 is 40.9 Å². The highest BCUT2D eigenvalue weighted by atomic mass is 32.2. The third kappa shape index (κ3) is 3.02. The van der Waals surface area contributed by atoms with E-state index in [4.69, 9.17) is 9.47 Å². The maximum Gasteiger partial charge on any atom is 0.323 e. The second-order valence-corrected chi connectivity index (χ2v) is 11.6. The summed E-state index contributed by atoms with van der Waals surface area (Å²) in [5.41, 5.74) is 0.784. The number of hydrogen-bond donors (Lipinski definition) is 3. The predicted molar refractivity (Wildman–Crippen MR) is 124 cm³/mol. The lowest BCUT2D eigenvalue weighted by atomic mass is 9.68. The van der Waals surface area contributed by atoms with Crippen LogP contribution < -0.4 is 14.3 Å². The van der Waals surface area contributed by atoms with Gasteiger partial charge in [-0.2, -0.15) is 0 Å². The smallest absolute Gasteiger partial charge is 0.323 e. The number of hydrogen-bond acceptors (Lipinski definition) is 9. The van der Waals surface area contributed by atoms with Gasteiger partial charge in [0.25, 0.3) is 0 Å². The zero-order valence-corrected chi connectivity index (χ0v) is 20.4. The molecule has 0 unspecified atom stereocenters. The van der Waals surface area contributed by atoms with Crippen molar-refractivity contribution in [1.29, 1.82) is 0 Å². The fourth-order valence-electron chi connectivity index (χ4n) is 6.84. The molecule has 2 aliphatic heterocycles. The van der Waals surface area contributed by atoms with Gasteiger partial charge in [-0.25, -0.2) is 0 Å². The van der Waals surface area contributed by atoms with Crippen LogP contribution in [-0.4, -0.2) is 63.9 Å². The molecule has 2 saturated carbocycles. The lowest BCUT2D eigenvalue weighted by Crippen LogP contribution is -2.42. The fraction of sp³-hybridized carbons (Fsp3) is 0.478. The monoisotopic (exact) mass is 518 g/mol. The number of phenolic OH excluding ortho intramolecular Hbond substituents is 1. The first-order chi connectivity index (χ1) is 16.7. The van der Waals surface area contributed by atoms with E-state index in [9.17, 15) is 29.4 Å². The molecule has 1 aromatic heterocycles. The number of fused-ring (bicyclic) bond motifs is 9. The van der Waals surface area contributed by atoms with Crippen LogP contribution in [0.2, 0.25) is 0 Å². The van der Waals surface area contributed by atoms with Crippen LogP contribution in [0.5, 0.6) is 17.2 Å². The zero-order valence-electron chi connectivity index (χ0n) is 18.7. The van der Waals surface area contributed by atoms with Gasteiger partial charge in [-0.3, -0.25) is 24.1 Å². The van der Waals surface area contributed by atoms with E-state index >= 15 is 0 Å². The molecule has 12 heteroatoms. The van der Waals surface area contributed by atoms with Crippen LogP contribution >= 0.6 is 23.1 Å². The average molecular weight is 519 g/mol. The second-order valence-electron chi connectivity index (χ2n) is 9.39. The summed E-state index contributed by atoms with van der Waals surface area (Å²) in [4.78, 5) is 54.5. The number of H-pyrrole nitrogens is 1. The van der Waals surface area contributed by atoms with Crippen LogP contribution in [-0.2, 0) is 14.4 Å². The lowest BCUT2D eigenvalue weighted by molar-refractivity contribution is -0.149. The van der Waals surface area contributed by atoms with Gasteiger partial charge in [0, 0.05) is 16.0 Å². The van der Waals surface area contributed by atoms with Crippen LogP contribution in [0, 0.1) is 29.6 Å². The number of aromatic hydroxyl groups is 1. The summed E-state index contributed by atoms with van der Waals surface area (Å²) in [5, 5.41) is 20.4. The van der Waals surface area contributed by atoms with Gasteiger partial charge < -0.3 is 24.7 Å². The number of nitrogens with one attached hydrogen (secondary N) is 1. The van der Waals surface area contributed by atoms with Crippen LogP contribution in [0.1, 0.15) is 22.8 Å². The van der Waals surface area contributed by atoms with E-state index in [1.807, 2.05) is 0 Å². The number of phenols is 1. The molecule has 0 spiro atoms. The minimum Gasteiger partial charge on any atom is -0.502 e. The number of carbonyl (C=O) groups excluding carboxylic acids is 2. The van der Waals surface area contributed by atoms with E-state index < -0.39 is 36.2 Å². The number of aromatic nitrogens is 1. The summed E-state index contributed by atoms with van der Waals surface area (Å²) in [7, 11) is 2.89. The number of carboxylic acid groups (broad SMARTS) is 1. The molecule has 3 heterocycles. The number of ether oxygens (including phenoxy) is 2. The topological polar surface area (TPSA) is 146 Å². The van der Waals surface area contributed by atoms with Crippen molar-refractivity contribution in [3.63, 3.8) is 0 Å². The number of aliphatic carboxylic acids is 1. The van der Waals surface area contributed by atoms with Gasteiger partial charge in [0.1, 0.15) is 6.54 Å². The van der Waals surface area contributed by atoms with E-state index in [0.29, 0.717) is 6.42 Å². The number of thiazole rings is 1. The minimum atomic E-state index is -1.22. The molecule has 7 atom stereocenters. The molecule has 1 saturated heterocycles. The molecule has 1 aromatic carbocycles. The molecule has 184 valence electrons. The number of carbonyl (C=O) groups is 3. The van der Waals surface area contributed by atoms with E-state index in [0.717, 1.165) is 31.7 Å². The lowest BCUT2D eigenvalue weighted by Gasteiger charge is -2.43. The maximum absolute atomic E-state index is 13.2. The molecule has 2 aliphatic carbocycles. The van der Waals surface area contributed by atoms with Crippen LogP contribution in [0.15, 0.2) is 22.0 Å². The quantitative estimate of drug-likeness (QED) is 0.504. The third-order valence-corrected chi connectivity index (χ3v) is 10.6. The maximum atomic E-state index is 13.2. The summed E-state index contributed by atoms with van der Waals surface area (Å²) in [6.07, 6.45) is 0.693. The number of imide groups is 1. The molecular weight excluding hydrogens is 496 g/mol. The standard InChI is InChI=1S/C23H22N2O8S2/c1-32-10-3-7(4-11(33-2)17(10)28)13-14-8-5-9(18(14)34-20-19(13)35-23(31)24-20)16-15(8)21(29)25(22(16)30)6-12(26)27/h3-4,8-9,13-16,18,28H,5-6H2,1-2H3,(H,24,31)(H,26,27)/t8-,9+,13-,14+,15+,16+,18-/m0/s1. The number of amides is 2. The van der Waals surface area contributed by atoms with Gasteiger partial charge >= 0.3 is 10.8 Å². The molecule has 0 radical (unpaired) electrons. The Morgan fingerprint density at radius 1 is 1.11 bits per heavy atom. The highest BCUT2D eigenvalue weighted by Crippen LogP contribution is 2.68. The van der Waals surface area contributed by atoms with Crippen LogP contribution in [0.3, 0.4) is 0 Å². The summed E-state index contributed by atoms with van der Waals surface area (Å²) in [5.74, 6) is -3.36. The Kier molecular flexibility index (Phi) is 4.98. The Morgan fingerprint density at radius 3 is 2.34 bits per heavy atom. The number of rotatable bonds is 5. The summed E-state index contributed by atoms with van der Waals surface area (Å²) < 4.78 is 10.7. The Labute approximate surface area is 207 Å². The van der Waals surface area contributed by atoms with Gasteiger partial charge in [0.05, 0.1) is 31.1 Å². The van der Waals surface area contributed by atoms with Crippen molar-refractivity contribution in [2.45, 2.75) is 22.6 Å². The molecule has 2 amide bonds. The molecule has 6 rings (SSSR count). The fourth-order valence-corrected chi connectivity index (χ4v) is 9.73. The Hall–Kier alpha value is -2.99. The zero-order chi connectivity index (χ0) is 24.8. The van der Waals surface area contributed by atoms with Crippen molar-refractivity contribution < 1.29 is 34.1 Å². The van der Waals surface area contributed by atoms with Crippen molar-refractivity contribution in [3.05, 3.63) is 32.2 Å². The van der Waals surface area contributed by atoms with Gasteiger partial charge in [-0.05, 0) is 41.9 Å². The molecule has 3 N–H and O–H groups in total. The first-order valence-corrected chi connectivity index (χ1v) is 12.9. The van der Waals surface area contributed by atoms with Crippen LogP contribution in [0.4, 0.5) is 0 Å². The summed E-state index contributed by atoms with van der Waals surface area (Å²) in [6, 6.07) is 3.46. The number of benzene rings is 1. The van der Waals surface area contributed by atoms with Crippen molar-refractivity contribution in [2.75, 3.05) is 20.8 Å². The Bertz CT molecular complexity index is 1310. The molecule has 2 bridgehead atoms. The molecule has 2 aromatic rings. The van der Waals surface area contributed by atoms with Crippen molar-refractivity contribution in [1.82, 2.24) is 9.88 Å². The number of nitrogens with zero attached hydrogens (tertiary/aromatic N) is 1. The number of aromatic amines is 1. The first kappa shape index (κ1) is 22.5. The molecule has 35 heavy (non-hydrogen) atoms. The number of likely N-dealkylation sites (tertiary alicyclic amines) is 1. The van der Waals surface area contributed by atoms with E-state index in [1.54, 1.807) is 23.9 Å². The Morgan fingerprint density at radius 2 is 1.74 bits per heavy atom. The van der Waals surface area contributed by atoms with Gasteiger partial charge in [0.15, 0.2) is 11.5 Å². The van der Waals surface area contributed by atoms with Gasteiger partial charge in [-0.15, -0.1) is 11.8 Å². The SMILES string of the molecule is COc1cc([C@@H]2c3sc(=O)[nH]c3S[C@H]3[C@@H]4C[C@H]([C@H]5C(=O)N(CC(=O)O)C(=O)[C@H]45)[C@H]23)cc(OC)c1O.